The molecule has 0 spiro atoms. The summed E-state index contributed by atoms with van der Waals surface area (Å²) in [5, 5.41) is 3.80. The lowest BCUT2D eigenvalue weighted by Gasteiger charge is -2.15. The first-order chi connectivity index (χ1) is 14.4. The number of hydrogen-bond donors (Lipinski definition) is 1. The zero-order valence-corrected chi connectivity index (χ0v) is 18.1. The fourth-order valence-electron chi connectivity index (χ4n) is 4.66. The van der Waals surface area contributed by atoms with Crippen LogP contribution in [0.5, 0.6) is 0 Å². The van der Waals surface area contributed by atoms with Gasteiger partial charge >= 0.3 is 0 Å². The van der Waals surface area contributed by atoms with Crippen LogP contribution < -0.4 is 5.32 Å². The summed E-state index contributed by atoms with van der Waals surface area (Å²) in [6.45, 7) is 4.30. The molecule has 2 aromatic heterocycles. The predicted octanol–water partition coefficient (Wildman–Crippen LogP) is 2.64. The second kappa shape index (κ2) is 7.42. The summed E-state index contributed by atoms with van der Waals surface area (Å²) in [5.74, 6) is 0.293. The minimum atomic E-state index is -3.66. The van der Waals surface area contributed by atoms with E-state index in [9.17, 15) is 13.2 Å². The molecule has 0 unspecified atom stereocenters. The van der Waals surface area contributed by atoms with Crippen LogP contribution in [0, 0.1) is 5.92 Å². The van der Waals surface area contributed by atoms with E-state index in [2.05, 4.69) is 14.8 Å². The Kier molecular flexibility index (Phi) is 4.86. The number of likely N-dealkylation sites (tertiary alicyclic amines) is 1. The molecular weight excluding hydrogens is 400 g/mol. The van der Waals surface area contributed by atoms with Gasteiger partial charge in [-0.1, -0.05) is 18.2 Å². The minimum Gasteiger partial charge on any atom is -0.349 e. The average molecular weight is 429 g/mol. The first-order valence-corrected chi connectivity index (χ1v) is 12.6. The normalized spacial score (nSPS) is 17.9. The van der Waals surface area contributed by atoms with Crippen molar-refractivity contribution in [3.8, 4) is 0 Å². The Labute approximate surface area is 176 Å². The lowest BCUT2D eigenvalue weighted by Crippen LogP contribution is -2.34. The molecule has 1 saturated heterocycles. The van der Waals surface area contributed by atoms with Crippen molar-refractivity contribution >= 4 is 37.9 Å². The highest BCUT2D eigenvalue weighted by atomic mass is 32.2. The third-order valence-electron chi connectivity index (χ3n) is 6.29. The number of rotatable bonds is 7. The molecule has 1 aromatic carbocycles. The molecule has 3 heterocycles. The van der Waals surface area contributed by atoms with Gasteiger partial charge in [-0.05, 0) is 56.8 Å². The summed E-state index contributed by atoms with van der Waals surface area (Å²) in [7, 11) is -3.66. The van der Waals surface area contributed by atoms with E-state index in [1.165, 1.54) is 35.9 Å². The third kappa shape index (κ3) is 3.52. The molecule has 0 atom stereocenters. The maximum atomic E-state index is 13.0. The number of amides is 1. The maximum Gasteiger partial charge on any atom is 0.269 e. The SMILES string of the molecule is CS(=O)(=O)n1c(C(=O)NCCN2CCCC2)cc2c1c1ccccc1n2CC1CC1. The van der Waals surface area contributed by atoms with Gasteiger partial charge in [0, 0.05) is 25.0 Å². The van der Waals surface area contributed by atoms with E-state index in [1.807, 2.05) is 24.3 Å². The van der Waals surface area contributed by atoms with Crippen molar-refractivity contribution in [2.75, 3.05) is 32.4 Å². The van der Waals surface area contributed by atoms with E-state index in [0.29, 0.717) is 18.0 Å². The molecule has 5 rings (SSSR count). The largest absolute Gasteiger partial charge is 0.349 e. The van der Waals surface area contributed by atoms with E-state index >= 15 is 0 Å². The molecule has 1 aliphatic heterocycles. The quantitative estimate of drug-likeness (QED) is 0.628. The number of nitrogens with one attached hydrogen (secondary N) is 1. The van der Waals surface area contributed by atoms with Gasteiger partial charge in [0.05, 0.1) is 22.8 Å². The molecule has 8 heteroatoms. The summed E-state index contributed by atoms with van der Waals surface area (Å²) in [4.78, 5) is 15.3. The van der Waals surface area contributed by atoms with Gasteiger partial charge in [0.2, 0.25) is 10.0 Å². The highest BCUT2D eigenvalue weighted by molar-refractivity contribution is 7.89. The number of nitrogens with zero attached hydrogens (tertiary/aromatic N) is 3. The highest BCUT2D eigenvalue weighted by Crippen LogP contribution is 2.37. The molecule has 1 N–H and O–H groups in total. The van der Waals surface area contributed by atoms with E-state index in [1.54, 1.807) is 6.07 Å². The van der Waals surface area contributed by atoms with Crippen molar-refractivity contribution < 1.29 is 13.2 Å². The summed E-state index contributed by atoms with van der Waals surface area (Å²) in [5.41, 5.74) is 2.64. The van der Waals surface area contributed by atoms with Crippen molar-refractivity contribution in [3.05, 3.63) is 36.0 Å². The van der Waals surface area contributed by atoms with Gasteiger partial charge in [-0.3, -0.25) is 4.79 Å². The Balaban J connectivity index is 1.56. The first-order valence-electron chi connectivity index (χ1n) is 10.8. The molecule has 0 radical (unpaired) electrons. The number of carbonyl (C=O) groups is 1. The standard InChI is InChI=1S/C22H28N4O3S/c1-30(28,29)26-20(22(27)23-10-13-24-11-4-5-12-24)14-19-21(26)17-6-2-3-7-18(17)25(19)15-16-8-9-16/h2-3,6-7,14,16H,4-5,8-13,15H2,1H3,(H,23,27). The Bertz CT molecular complexity index is 1210. The molecule has 0 bridgehead atoms. The topological polar surface area (TPSA) is 76.3 Å². The van der Waals surface area contributed by atoms with Gasteiger partial charge in [-0.15, -0.1) is 0 Å². The fourth-order valence-corrected chi connectivity index (χ4v) is 5.67. The zero-order chi connectivity index (χ0) is 20.9. The first kappa shape index (κ1) is 19.6. The van der Waals surface area contributed by atoms with Gasteiger partial charge in [0.25, 0.3) is 5.91 Å². The molecule has 7 nitrogen and oxygen atoms in total. The van der Waals surface area contributed by atoms with E-state index < -0.39 is 10.0 Å². The molecule has 1 amide bonds. The molecule has 3 aromatic rings. The van der Waals surface area contributed by atoms with Gasteiger partial charge < -0.3 is 14.8 Å². The van der Waals surface area contributed by atoms with Crippen molar-refractivity contribution in [1.82, 2.24) is 18.8 Å². The van der Waals surface area contributed by atoms with E-state index in [-0.39, 0.29) is 11.6 Å². The molecule has 30 heavy (non-hydrogen) atoms. The number of aromatic nitrogens is 2. The summed E-state index contributed by atoms with van der Waals surface area (Å²) in [6.07, 6.45) is 5.97. The fraction of sp³-hybridized carbons (Fsp3) is 0.500. The molecule has 1 saturated carbocycles. The second-order valence-electron chi connectivity index (χ2n) is 8.67. The molecule has 1 aliphatic carbocycles. The third-order valence-corrected chi connectivity index (χ3v) is 7.34. The Morgan fingerprint density at radius 3 is 2.57 bits per heavy atom. The summed E-state index contributed by atoms with van der Waals surface area (Å²) in [6, 6.07) is 9.61. The average Bonchev–Trinajstić information content (AvgIpc) is 3.12. The van der Waals surface area contributed by atoms with Crippen molar-refractivity contribution in [3.63, 3.8) is 0 Å². The van der Waals surface area contributed by atoms with Crippen LogP contribution in [0.3, 0.4) is 0 Å². The number of fused-ring (bicyclic) bond motifs is 3. The zero-order valence-electron chi connectivity index (χ0n) is 17.3. The van der Waals surface area contributed by atoms with Gasteiger partial charge in [0.15, 0.2) is 0 Å². The molecule has 2 fully saturated rings. The molecular formula is C22H28N4O3S. The summed E-state index contributed by atoms with van der Waals surface area (Å²) < 4.78 is 29.0. The van der Waals surface area contributed by atoms with Crippen LogP contribution in [0.4, 0.5) is 0 Å². The summed E-state index contributed by atoms with van der Waals surface area (Å²) >= 11 is 0. The Morgan fingerprint density at radius 1 is 1.13 bits per heavy atom. The van der Waals surface area contributed by atoms with Crippen molar-refractivity contribution in [1.29, 1.82) is 0 Å². The van der Waals surface area contributed by atoms with Crippen LogP contribution in [0.15, 0.2) is 30.3 Å². The van der Waals surface area contributed by atoms with Crippen LogP contribution in [-0.4, -0.2) is 60.2 Å². The van der Waals surface area contributed by atoms with Crippen molar-refractivity contribution in [2.24, 2.45) is 5.92 Å². The Morgan fingerprint density at radius 2 is 1.87 bits per heavy atom. The molecule has 2 aliphatic rings. The van der Waals surface area contributed by atoms with Crippen LogP contribution in [-0.2, 0) is 16.6 Å². The van der Waals surface area contributed by atoms with Crippen molar-refractivity contribution in [2.45, 2.75) is 32.2 Å². The number of benzene rings is 1. The van der Waals surface area contributed by atoms with Gasteiger partial charge in [-0.2, -0.15) is 0 Å². The number of carbonyl (C=O) groups excluding carboxylic acids is 1. The predicted molar refractivity (Wildman–Crippen MR) is 118 cm³/mol. The van der Waals surface area contributed by atoms with E-state index in [0.717, 1.165) is 42.6 Å². The smallest absolute Gasteiger partial charge is 0.269 e. The second-order valence-corrected chi connectivity index (χ2v) is 10.5. The number of hydrogen-bond acceptors (Lipinski definition) is 4. The van der Waals surface area contributed by atoms with Crippen LogP contribution in [0.25, 0.3) is 21.9 Å². The van der Waals surface area contributed by atoms with Crippen LogP contribution >= 0.6 is 0 Å². The lowest BCUT2D eigenvalue weighted by molar-refractivity contribution is 0.0944. The highest BCUT2D eigenvalue weighted by Gasteiger charge is 2.29. The molecule has 160 valence electrons. The van der Waals surface area contributed by atoms with Crippen LogP contribution in [0.1, 0.15) is 36.2 Å². The Hall–Kier alpha value is -2.32. The van der Waals surface area contributed by atoms with Gasteiger partial charge in [-0.25, -0.2) is 12.4 Å². The maximum absolute atomic E-state index is 13.0. The van der Waals surface area contributed by atoms with Gasteiger partial charge in [0.1, 0.15) is 5.69 Å². The minimum absolute atomic E-state index is 0.194. The van der Waals surface area contributed by atoms with Crippen LogP contribution in [0.2, 0.25) is 0 Å². The lowest BCUT2D eigenvalue weighted by atomic mass is 10.2. The number of para-hydroxylation sites is 1. The monoisotopic (exact) mass is 428 g/mol. The van der Waals surface area contributed by atoms with E-state index in [4.69, 9.17) is 0 Å².